The van der Waals surface area contributed by atoms with Crippen LogP contribution in [0.2, 0.25) is 0 Å². The fourth-order valence-corrected chi connectivity index (χ4v) is 0.705. The van der Waals surface area contributed by atoms with Gasteiger partial charge in [0.05, 0.1) is 5.97 Å². The number of Topliss-reactive ketones (excluding diaryl/α,β-unsaturated/α-hetero) is 1. The molecular weight excluding hydrogens is 268 g/mol. The second-order valence-electron chi connectivity index (χ2n) is 3.65. The van der Waals surface area contributed by atoms with Crippen LogP contribution in [-0.2, 0) is 28.7 Å². The van der Waals surface area contributed by atoms with Crippen molar-refractivity contribution in [3.05, 3.63) is 24.8 Å². The minimum atomic E-state index is -1.23. The molecule has 0 aromatic heterocycles. The minimum Gasteiger partial charge on any atom is -0.545 e. The summed E-state index contributed by atoms with van der Waals surface area (Å²) in [7, 11) is 0. The summed E-state index contributed by atoms with van der Waals surface area (Å²) in [5.41, 5.74) is 0.212. The smallest absolute Gasteiger partial charge is 0.336 e. The topological polar surface area (TPSA) is 110 Å². The van der Waals surface area contributed by atoms with Crippen LogP contribution in [0.3, 0.4) is 0 Å². The van der Waals surface area contributed by atoms with Crippen molar-refractivity contribution in [1.82, 2.24) is 0 Å². The average Bonchev–Trinajstić information content (AvgIpc) is 2.27. The SMILES string of the molecule is C=C(C)C(=O)OC(C)OC(=O)CC(C)=O.C=CC(=O)[O-]. The third kappa shape index (κ3) is 13.6. The summed E-state index contributed by atoms with van der Waals surface area (Å²) in [5, 5.41) is 9.14. The molecule has 0 heterocycles. The summed E-state index contributed by atoms with van der Waals surface area (Å²) >= 11 is 0. The number of esters is 2. The highest BCUT2D eigenvalue weighted by Crippen LogP contribution is 2.01. The third-order valence-electron chi connectivity index (χ3n) is 1.48. The molecule has 112 valence electrons. The molecule has 0 rings (SSSR count). The molecule has 0 aromatic carbocycles. The number of rotatable bonds is 6. The van der Waals surface area contributed by atoms with E-state index in [1.54, 1.807) is 0 Å². The maximum Gasteiger partial charge on any atom is 0.336 e. The number of carboxylic acids is 1. The van der Waals surface area contributed by atoms with Crippen LogP contribution in [0.1, 0.15) is 27.2 Å². The van der Waals surface area contributed by atoms with Gasteiger partial charge >= 0.3 is 11.9 Å². The lowest BCUT2D eigenvalue weighted by atomic mass is 10.3. The van der Waals surface area contributed by atoms with Crippen LogP contribution in [0.15, 0.2) is 24.8 Å². The lowest BCUT2D eigenvalue weighted by Gasteiger charge is -2.13. The molecule has 0 radical (unpaired) electrons. The first-order valence-corrected chi connectivity index (χ1v) is 5.49. The molecule has 0 N–H and O–H groups in total. The predicted octanol–water partition coefficient (Wildman–Crippen LogP) is -0.104. The van der Waals surface area contributed by atoms with Crippen LogP contribution in [0.25, 0.3) is 0 Å². The second kappa shape index (κ2) is 10.5. The molecule has 0 fully saturated rings. The van der Waals surface area contributed by atoms with Crippen molar-refractivity contribution in [2.24, 2.45) is 0 Å². The van der Waals surface area contributed by atoms with Gasteiger partial charge in [0.15, 0.2) is 0 Å². The monoisotopic (exact) mass is 285 g/mol. The van der Waals surface area contributed by atoms with E-state index in [0.717, 1.165) is 6.08 Å². The predicted molar refractivity (Wildman–Crippen MR) is 67.0 cm³/mol. The van der Waals surface area contributed by atoms with Crippen molar-refractivity contribution >= 4 is 23.7 Å². The Balaban J connectivity index is 0. The molecule has 0 aliphatic heterocycles. The maximum atomic E-state index is 11.0. The van der Waals surface area contributed by atoms with Gasteiger partial charge in [-0.2, -0.15) is 0 Å². The van der Waals surface area contributed by atoms with E-state index in [1.165, 1.54) is 20.8 Å². The van der Waals surface area contributed by atoms with E-state index < -0.39 is 24.2 Å². The molecule has 20 heavy (non-hydrogen) atoms. The van der Waals surface area contributed by atoms with Crippen LogP contribution in [0.4, 0.5) is 0 Å². The van der Waals surface area contributed by atoms with Crippen molar-refractivity contribution < 1.29 is 33.8 Å². The van der Waals surface area contributed by atoms with Gasteiger partial charge < -0.3 is 19.4 Å². The molecule has 1 atom stereocenters. The number of ketones is 1. The molecule has 0 amide bonds. The summed E-state index contributed by atoms with van der Waals surface area (Å²) in [6.07, 6.45) is -0.615. The van der Waals surface area contributed by atoms with E-state index in [1.807, 2.05) is 0 Å². The van der Waals surface area contributed by atoms with Gasteiger partial charge in [-0.3, -0.25) is 9.59 Å². The quantitative estimate of drug-likeness (QED) is 0.290. The fourth-order valence-electron chi connectivity index (χ4n) is 0.705. The van der Waals surface area contributed by atoms with Crippen LogP contribution < -0.4 is 5.11 Å². The zero-order valence-corrected chi connectivity index (χ0v) is 11.6. The van der Waals surface area contributed by atoms with E-state index >= 15 is 0 Å². The highest BCUT2D eigenvalue weighted by atomic mass is 16.7. The molecule has 0 aromatic rings. The Morgan fingerprint density at radius 3 is 1.95 bits per heavy atom. The van der Waals surface area contributed by atoms with Crippen LogP contribution >= 0.6 is 0 Å². The standard InChI is InChI=1S/C10H14O5.C3H4O2/c1-6(2)10(13)15-8(4)14-9(12)5-7(3)11;1-2-3(4)5/h8H,1,5H2,2-4H3;2H,1H2,(H,4,5)/p-1. The van der Waals surface area contributed by atoms with E-state index in [4.69, 9.17) is 9.90 Å². The number of carboxylic acid groups (broad SMARTS) is 1. The normalized spacial score (nSPS) is 10.2. The molecule has 0 aliphatic rings. The molecule has 0 aliphatic carbocycles. The first-order chi connectivity index (χ1) is 9.09. The van der Waals surface area contributed by atoms with Crippen LogP contribution in [-0.4, -0.2) is 30.0 Å². The Morgan fingerprint density at radius 1 is 1.20 bits per heavy atom. The Kier molecular flexibility index (Phi) is 10.4. The van der Waals surface area contributed by atoms with Crippen molar-refractivity contribution in [2.75, 3.05) is 0 Å². The van der Waals surface area contributed by atoms with Crippen molar-refractivity contribution in [1.29, 1.82) is 0 Å². The van der Waals surface area contributed by atoms with Crippen molar-refractivity contribution in [3.8, 4) is 0 Å². The molecule has 0 bridgehead atoms. The number of hydrogen-bond donors (Lipinski definition) is 0. The largest absolute Gasteiger partial charge is 0.545 e. The Morgan fingerprint density at radius 2 is 1.65 bits per heavy atom. The second-order valence-corrected chi connectivity index (χ2v) is 3.65. The summed E-state index contributed by atoms with van der Waals surface area (Å²) in [4.78, 5) is 41.6. The number of hydrogen-bond acceptors (Lipinski definition) is 7. The number of carbonyl (C=O) groups excluding carboxylic acids is 4. The molecule has 0 spiro atoms. The highest BCUT2D eigenvalue weighted by Gasteiger charge is 2.15. The third-order valence-corrected chi connectivity index (χ3v) is 1.48. The van der Waals surface area contributed by atoms with Crippen LogP contribution in [0, 0.1) is 0 Å². The van der Waals surface area contributed by atoms with E-state index in [-0.39, 0.29) is 17.8 Å². The van der Waals surface area contributed by atoms with Crippen molar-refractivity contribution in [2.45, 2.75) is 33.5 Å². The first kappa shape index (κ1) is 19.9. The summed E-state index contributed by atoms with van der Waals surface area (Å²) in [5.74, 6) is -2.90. The van der Waals surface area contributed by atoms with Gasteiger partial charge in [-0.15, -0.1) is 0 Å². The zero-order valence-electron chi connectivity index (χ0n) is 11.6. The number of carbonyl (C=O) groups is 4. The van der Waals surface area contributed by atoms with Gasteiger partial charge in [-0.05, 0) is 19.9 Å². The van der Waals surface area contributed by atoms with E-state index in [9.17, 15) is 14.4 Å². The molecule has 7 nitrogen and oxygen atoms in total. The van der Waals surface area contributed by atoms with Crippen LogP contribution in [0.5, 0.6) is 0 Å². The number of ether oxygens (including phenoxy) is 2. The molecule has 0 saturated carbocycles. The van der Waals surface area contributed by atoms with E-state index in [0.29, 0.717) is 0 Å². The van der Waals surface area contributed by atoms with Crippen molar-refractivity contribution in [3.63, 3.8) is 0 Å². The fraction of sp³-hybridized carbons (Fsp3) is 0.385. The Hall–Kier alpha value is -2.44. The summed E-state index contributed by atoms with van der Waals surface area (Å²) in [6.45, 7) is 10.4. The maximum absolute atomic E-state index is 11.0. The molecule has 1 unspecified atom stereocenters. The molecule has 0 saturated heterocycles. The minimum absolute atomic E-state index is 0.212. The average molecular weight is 285 g/mol. The summed E-state index contributed by atoms with van der Waals surface area (Å²) < 4.78 is 9.31. The first-order valence-electron chi connectivity index (χ1n) is 5.49. The van der Waals surface area contributed by atoms with Gasteiger partial charge in [-0.25, -0.2) is 4.79 Å². The van der Waals surface area contributed by atoms with E-state index in [2.05, 4.69) is 22.6 Å². The summed E-state index contributed by atoms with van der Waals surface area (Å²) in [6, 6.07) is 0. The van der Waals surface area contributed by atoms with Gasteiger partial charge in [0.1, 0.15) is 12.2 Å². The number of aliphatic carboxylic acids is 1. The molecular formula is C13H17O7-. The zero-order chi connectivity index (χ0) is 16.3. The van der Waals surface area contributed by atoms with Gasteiger partial charge in [0.2, 0.25) is 6.29 Å². The lowest BCUT2D eigenvalue weighted by molar-refractivity contribution is -0.297. The van der Waals surface area contributed by atoms with Gasteiger partial charge in [0, 0.05) is 12.5 Å². The molecule has 7 heteroatoms. The Bertz CT molecular complexity index is 409. The Labute approximate surface area is 116 Å². The lowest BCUT2D eigenvalue weighted by Crippen LogP contribution is -2.22. The van der Waals surface area contributed by atoms with Gasteiger partial charge in [-0.1, -0.05) is 13.2 Å². The van der Waals surface area contributed by atoms with Gasteiger partial charge in [0.25, 0.3) is 0 Å². The highest BCUT2D eigenvalue weighted by molar-refractivity contribution is 5.94.